The predicted molar refractivity (Wildman–Crippen MR) is 133 cm³/mol. The van der Waals surface area contributed by atoms with Crippen LogP contribution >= 0.6 is 11.3 Å². The van der Waals surface area contributed by atoms with Gasteiger partial charge in [0.15, 0.2) is 11.6 Å². The second-order valence-electron chi connectivity index (χ2n) is 9.57. The number of thiophene rings is 1. The van der Waals surface area contributed by atoms with Crippen molar-refractivity contribution in [3.8, 4) is 10.6 Å². The Hall–Kier alpha value is -3.40. The Morgan fingerprint density at radius 2 is 1.92 bits per heavy atom. The van der Waals surface area contributed by atoms with Crippen molar-refractivity contribution in [2.75, 3.05) is 11.9 Å². The highest BCUT2D eigenvalue weighted by molar-refractivity contribution is 7.13. The fraction of sp³-hybridized carbons (Fsp3) is 0.346. The molecule has 36 heavy (non-hydrogen) atoms. The Morgan fingerprint density at radius 1 is 1.14 bits per heavy atom. The van der Waals surface area contributed by atoms with Gasteiger partial charge in [-0.05, 0) is 56.7 Å². The topological polar surface area (TPSA) is 76.1 Å². The lowest BCUT2D eigenvalue weighted by Gasteiger charge is -2.33. The van der Waals surface area contributed by atoms with Gasteiger partial charge in [0.25, 0.3) is 0 Å². The molecule has 0 saturated heterocycles. The first kappa shape index (κ1) is 25.7. The van der Waals surface area contributed by atoms with Crippen molar-refractivity contribution in [3.63, 3.8) is 0 Å². The highest BCUT2D eigenvalue weighted by atomic mass is 32.1. The zero-order valence-electron chi connectivity index (χ0n) is 20.1. The van der Waals surface area contributed by atoms with E-state index >= 15 is 0 Å². The van der Waals surface area contributed by atoms with Crippen molar-refractivity contribution in [2.45, 2.75) is 51.2 Å². The Bertz CT molecular complexity index is 1260. The zero-order chi connectivity index (χ0) is 25.9. The van der Waals surface area contributed by atoms with E-state index in [0.29, 0.717) is 31.3 Å². The van der Waals surface area contributed by atoms with Crippen LogP contribution in [0, 0.1) is 17.5 Å². The smallest absolute Gasteiger partial charge is 0.407 e. The highest BCUT2D eigenvalue weighted by Gasteiger charge is 2.32. The highest BCUT2D eigenvalue weighted by Crippen LogP contribution is 2.35. The second kappa shape index (κ2) is 10.7. The van der Waals surface area contributed by atoms with E-state index < -0.39 is 41.1 Å². The fourth-order valence-electron chi connectivity index (χ4n) is 4.10. The summed E-state index contributed by atoms with van der Waals surface area (Å²) in [5.41, 5.74) is 1.04. The lowest BCUT2D eigenvalue weighted by Crippen LogP contribution is -2.44. The maximum absolute atomic E-state index is 14.6. The van der Waals surface area contributed by atoms with Crippen molar-refractivity contribution >= 4 is 23.2 Å². The quantitative estimate of drug-likeness (QED) is 0.292. The molecule has 4 rings (SSSR count). The molecule has 0 radical (unpaired) electrons. The van der Waals surface area contributed by atoms with Gasteiger partial charge in [0.2, 0.25) is 0 Å². The van der Waals surface area contributed by atoms with E-state index in [4.69, 9.17) is 4.74 Å². The summed E-state index contributed by atoms with van der Waals surface area (Å²) in [6, 6.07) is 6.59. The van der Waals surface area contributed by atoms with Gasteiger partial charge >= 0.3 is 6.09 Å². The molecule has 6 nitrogen and oxygen atoms in total. The third kappa shape index (κ3) is 6.42. The molecule has 1 aliphatic rings. The van der Waals surface area contributed by atoms with Crippen molar-refractivity contribution in [1.82, 2.24) is 15.3 Å². The number of rotatable bonds is 6. The van der Waals surface area contributed by atoms with Crippen LogP contribution in [0.4, 0.5) is 23.8 Å². The van der Waals surface area contributed by atoms with Gasteiger partial charge in [-0.2, -0.15) is 0 Å². The molecule has 0 spiro atoms. The van der Waals surface area contributed by atoms with Crippen LogP contribution in [0.3, 0.4) is 0 Å². The Kier molecular flexibility index (Phi) is 7.63. The van der Waals surface area contributed by atoms with E-state index in [1.807, 2.05) is 29.7 Å². The predicted octanol–water partition coefficient (Wildman–Crippen LogP) is 6.43. The molecule has 1 amide bonds. The molecule has 10 heteroatoms. The number of alkyl carbamates (subject to hydrolysis) is 1. The monoisotopic (exact) mass is 516 g/mol. The molecule has 190 valence electrons. The molecule has 2 N–H and O–H groups in total. The van der Waals surface area contributed by atoms with Crippen LogP contribution in [0.5, 0.6) is 0 Å². The molecule has 0 aliphatic heterocycles. The fourth-order valence-corrected chi connectivity index (χ4v) is 4.80. The van der Waals surface area contributed by atoms with Crippen LogP contribution in [0.1, 0.15) is 45.1 Å². The number of benzene rings is 1. The number of allylic oxidation sites excluding steroid dienone is 1. The van der Waals surface area contributed by atoms with Crippen LogP contribution in [-0.2, 0) is 4.74 Å². The summed E-state index contributed by atoms with van der Waals surface area (Å²) in [5, 5.41) is 8.05. The van der Waals surface area contributed by atoms with Crippen molar-refractivity contribution < 1.29 is 22.7 Å². The summed E-state index contributed by atoms with van der Waals surface area (Å²) < 4.78 is 47.5. The number of hydrogen-bond donors (Lipinski definition) is 2. The third-order valence-electron chi connectivity index (χ3n) is 5.71. The first-order valence-electron chi connectivity index (χ1n) is 11.5. The maximum Gasteiger partial charge on any atom is 0.407 e. The van der Waals surface area contributed by atoms with E-state index in [1.54, 1.807) is 32.1 Å². The summed E-state index contributed by atoms with van der Waals surface area (Å²) in [6.45, 7) is 5.64. The third-order valence-corrected chi connectivity index (χ3v) is 6.60. The lowest BCUT2D eigenvalue weighted by atomic mass is 9.80. The number of hydrogen-bond acceptors (Lipinski definition) is 6. The largest absolute Gasteiger partial charge is 0.444 e. The molecular weight excluding hydrogens is 489 g/mol. The first-order valence-corrected chi connectivity index (χ1v) is 12.4. The van der Waals surface area contributed by atoms with Crippen LogP contribution < -0.4 is 10.6 Å². The van der Waals surface area contributed by atoms with E-state index in [2.05, 4.69) is 20.6 Å². The summed E-state index contributed by atoms with van der Waals surface area (Å²) in [5.74, 6) is -3.20. The summed E-state index contributed by atoms with van der Waals surface area (Å²) >= 11 is 1.58. The number of halogens is 3. The number of ether oxygens (including phenoxy) is 1. The lowest BCUT2D eigenvalue weighted by molar-refractivity contribution is 0.0494. The second-order valence-corrected chi connectivity index (χ2v) is 10.5. The number of anilines is 1. The average Bonchev–Trinajstić information content (AvgIpc) is 3.35. The molecular formula is C26H27F3N4O2S. The average molecular weight is 517 g/mol. The maximum atomic E-state index is 14.6. The number of carbonyl (C=O) groups excluding carboxylic acids is 1. The summed E-state index contributed by atoms with van der Waals surface area (Å²) in [6.07, 6.45) is 3.43. The Balaban J connectivity index is 1.52. The van der Waals surface area contributed by atoms with Crippen LogP contribution in [0.2, 0.25) is 0 Å². The van der Waals surface area contributed by atoms with Crippen LogP contribution in [0.15, 0.2) is 53.7 Å². The summed E-state index contributed by atoms with van der Waals surface area (Å²) in [4.78, 5) is 22.1. The van der Waals surface area contributed by atoms with Crippen molar-refractivity contribution in [2.24, 2.45) is 0 Å². The van der Waals surface area contributed by atoms with E-state index in [0.717, 1.165) is 22.2 Å². The number of nitrogens with zero attached hydrogens (tertiary/aromatic N) is 2. The molecule has 2 atom stereocenters. The Morgan fingerprint density at radius 3 is 2.64 bits per heavy atom. The van der Waals surface area contributed by atoms with Gasteiger partial charge < -0.3 is 15.4 Å². The molecule has 0 bridgehead atoms. The van der Waals surface area contributed by atoms with Gasteiger partial charge in [0.1, 0.15) is 23.6 Å². The number of aromatic nitrogens is 2. The van der Waals surface area contributed by atoms with E-state index in [9.17, 15) is 18.0 Å². The van der Waals surface area contributed by atoms with E-state index in [1.165, 1.54) is 6.33 Å². The Labute approximate surface area is 211 Å². The van der Waals surface area contributed by atoms with Gasteiger partial charge in [-0.25, -0.2) is 27.9 Å². The standard InChI is InChI=1S/C26H27F3N4O2S/c1-26(2,3)35-25(34)33-21-9-15(6-7-16(21)17-10-19(28)20(29)11-18(17)27)13-30-24-12-22(31-14-32-24)23-5-4-8-36-23/h4-6,8,10-12,14,16,21H,7,9,13H2,1-3H3,(H,33,34)(H,30,31,32)/t16-,21+/m1/s1. The molecule has 0 unspecified atom stereocenters. The van der Waals surface area contributed by atoms with Crippen LogP contribution in [-0.4, -0.2) is 34.2 Å². The van der Waals surface area contributed by atoms with Crippen LogP contribution in [0.25, 0.3) is 10.6 Å². The SMILES string of the molecule is CC(C)(C)OC(=O)N[C@H]1CC(CNc2cc(-c3cccs3)ncn2)=CC[C@@H]1c1cc(F)c(F)cc1F. The van der Waals surface area contributed by atoms with E-state index in [-0.39, 0.29) is 5.56 Å². The molecule has 3 aromatic rings. The summed E-state index contributed by atoms with van der Waals surface area (Å²) in [7, 11) is 0. The molecule has 0 fully saturated rings. The molecule has 1 aliphatic carbocycles. The molecule has 0 saturated carbocycles. The van der Waals surface area contributed by atoms with Crippen molar-refractivity contribution in [3.05, 3.63) is 76.7 Å². The van der Waals surface area contributed by atoms with Gasteiger partial charge in [0, 0.05) is 30.6 Å². The minimum absolute atomic E-state index is 0.00890. The van der Waals surface area contributed by atoms with Crippen molar-refractivity contribution in [1.29, 1.82) is 0 Å². The molecule has 2 heterocycles. The molecule has 2 aromatic heterocycles. The zero-order valence-corrected chi connectivity index (χ0v) is 21.0. The minimum Gasteiger partial charge on any atom is -0.444 e. The number of nitrogens with one attached hydrogen (secondary N) is 2. The van der Waals surface area contributed by atoms with Gasteiger partial charge in [0.05, 0.1) is 10.6 Å². The minimum atomic E-state index is -1.25. The number of carbonyl (C=O) groups is 1. The van der Waals surface area contributed by atoms with Gasteiger partial charge in [-0.1, -0.05) is 17.7 Å². The first-order chi connectivity index (χ1) is 17.1. The van der Waals surface area contributed by atoms with Gasteiger partial charge in [-0.3, -0.25) is 0 Å². The normalized spacial score (nSPS) is 17.9. The molecule has 1 aromatic carbocycles. The number of amides is 1. The van der Waals surface area contributed by atoms with Gasteiger partial charge in [-0.15, -0.1) is 11.3 Å².